The molecule has 84 valence electrons. The van der Waals surface area contributed by atoms with Crippen molar-refractivity contribution in [2.45, 2.75) is 38.6 Å². The van der Waals surface area contributed by atoms with Crippen LogP contribution in [0, 0.1) is 0 Å². The second kappa shape index (κ2) is 3.70. The number of alkyl halides is 3. The van der Waals surface area contributed by atoms with Crippen LogP contribution < -0.4 is 0 Å². The minimum Gasteiger partial charge on any atom is -0.366 e. The predicted octanol–water partition coefficient (Wildman–Crippen LogP) is 2.05. The molecule has 5 heteroatoms. The van der Waals surface area contributed by atoms with E-state index in [-0.39, 0.29) is 11.6 Å². The number of hydrogen-bond donors (Lipinski definition) is 0. The van der Waals surface area contributed by atoms with Crippen molar-refractivity contribution < 1.29 is 17.9 Å². The van der Waals surface area contributed by atoms with Crippen LogP contribution in [0.4, 0.5) is 13.2 Å². The number of nitrogens with zero attached hydrogens (tertiary/aromatic N) is 1. The van der Waals surface area contributed by atoms with Crippen molar-refractivity contribution in [1.82, 2.24) is 4.90 Å². The lowest BCUT2D eigenvalue weighted by atomic mass is 9.99. The Bertz CT molecular complexity index is 188. The van der Waals surface area contributed by atoms with Gasteiger partial charge in [0.05, 0.1) is 6.10 Å². The van der Waals surface area contributed by atoms with Crippen LogP contribution in [0.15, 0.2) is 0 Å². The number of halogens is 3. The van der Waals surface area contributed by atoms with Gasteiger partial charge in [0.25, 0.3) is 0 Å². The number of rotatable bonds is 2. The molecule has 0 radical (unpaired) electrons. The Morgan fingerprint density at radius 3 is 2.07 bits per heavy atom. The molecule has 1 rings (SSSR count). The molecule has 0 saturated carbocycles. The van der Waals surface area contributed by atoms with E-state index in [9.17, 15) is 13.2 Å². The predicted molar refractivity (Wildman–Crippen MR) is 47.1 cm³/mol. The quantitative estimate of drug-likeness (QED) is 0.693. The second-order valence-corrected chi connectivity index (χ2v) is 4.62. The van der Waals surface area contributed by atoms with Crippen LogP contribution in [-0.2, 0) is 4.74 Å². The maximum absolute atomic E-state index is 11.8. The molecule has 2 nitrogen and oxygen atoms in total. The smallest absolute Gasteiger partial charge is 0.366 e. The van der Waals surface area contributed by atoms with Gasteiger partial charge in [-0.15, -0.1) is 0 Å². The first-order valence-corrected chi connectivity index (χ1v) is 4.62. The highest BCUT2D eigenvalue weighted by Gasteiger charge is 2.37. The maximum atomic E-state index is 11.8. The van der Waals surface area contributed by atoms with Gasteiger partial charge in [-0.05, 0) is 20.8 Å². The minimum absolute atomic E-state index is 0.0259. The van der Waals surface area contributed by atoms with Crippen LogP contribution in [0.1, 0.15) is 20.8 Å². The molecule has 1 aliphatic heterocycles. The van der Waals surface area contributed by atoms with Gasteiger partial charge >= 0.3 is 6.18 Å². The summed E-state index contributed by atoms with van der Waals surface area (Å²) < 4.78 is 40.0. The molecular formula is C9H16F3NO. The van der Waals surface area contributed by atoms with Gasteiger partial charge in [-0.2, -0.15) is 13.2 Å². The Hall–Kier alpha value is -0.290. The highest BCUT2D eigenvalue weighted by atomic mass is 19.4. The molecule has 14 heavy (non-hydrogen) atoms. The Balaban J connectivity index is 2.17. The van der Waals surface area contributed by atoms with Crippen molar-refractivity contribution in [2.75, 3.05) is 19.7 Å². The summed E-state index contributed by atoms with van der Waals surface area (Å²) in [5.74, 6) is 0. The van der Waals surface area contributed by atoms with Gasteiger partial charge in [0, 0.05) is 18.6 Å². The molecule has 0 aromatic heterocycles. The van der Waals surface area contributed by atoms with Crippen LogP contribution in [-0.4, -0.2) is 42.4 Å². The molecule has 0 spiro atoms. The van der Waals surface area contributed by atoms with Gasteiger partial charge in [0.1, 0.15) is 6.61 Å². The molecule has 0 amide bonds. The van der Waals surface area contributed by atoms with E-state index in [4.69, 9.17) is 4.74 Å². The van der Waals surface area contributed by atoms with Crippen molar-refractivity contribution in [2.24, 2.45) is 0 Å². The molecule has 1 saturated heterocycles. The summed E-state index contributed by atoms with van der Waals surface area (Å²) in [7, 11) is 0. The van der Waals surface area contributed by atoms with E-state index in [1.54, 1.807) is 0 Å². The van der Waals surface area contributed by atoms with Crippen LogP contribution in [0.3, 0.4) is 0 Å². The molecule has 0 aromatic rings. The summed E-state index contributed by atoms with van der Waals surface area (Å²) in [6.07, 6.45) is -4.46. The lowest BCUT2D eigenvalue weighted by Gasteiger charge is -2.47. The molecule has 0 unspecified atom stereocenters. The standard InChI is InChI=1S/C9H16F3NO/c1-8(2,3)13-4-7(5-13)14-6-9(10,11)12/h7H,4-6H2,1-3H3. The van der Waals surface area contributed by atoms with E-state index in [2.05, 4.69) is 4.90 Å². The average Bonchev–Trinajstić information content (AvgIpc) is 1.76. The number of likely N-dealkylation sites (tertiary alicyclic amines) is 1. The molecule has 0 bridgehead atoms. The SMILES string of the molecule is CC(C)(C)N1CC(OCC(F)(F)F)C1. The summed E-state index contributed by atoms with van der Waals surface area (Å²) in [6.45, 7) is 6.17. The molecule has 0 aromatic carbocycles. The third kappa shape index (κ3) is 3.46. The second-order valence-electron chi connectivity index (χ2n) is 4.62. The molecule has 1 heterocycles. The topological polar surface area (TPSA) is 12.5 Å². The van der Waals surface area contributed by atoms with Gasteiger partial charge in [-0.1, -0.05) is 0 Å². The van der Waals surface area contributed by atoms with E-state index >= 15 is 0 Å². The highest BCUT2D eigenvalue weighted by molar-refractivity contribution is 4.89. The molecule has 0 atom stereocenters. The van der Waals surface area contributed by atoms with Crippen molar-refractivity contribution in [3.8, 4) is 0 Å². The van der Waals surface area contributed by atoms with E-state index in [0.717, 1.165) is 0 Å². The first-order chi connectivity index (χ1) is 6.18. The largest absolute Gasteiger partial charge is 0.411 e. The van der Waals surface area contributed by atoms with Crippen molar-refractivity contribution in [3.63, 3.8) is 0 Å². The molecule has 1 fully saturated rings. The monoisotopic (exact) mass is 211 g/mol. The molecular weight excluding hydrogens is 195 g/mol. The first-order valence-electron chi connectivity index (χ1n) is 4.62. The van der Waals surface area contributed by atoms with Crippen molar-refractivity contribution >= 4 is 0 Å². The Kier molecular flexibility index (Phi) is 3.11. The zero-order valence-corrected chi connectivity index (χ0v) is 8.69. The average molecular weight is 211 g/mol. The maximum Gasteiger partial charge on any atom is 0.411 e. The highest BCUT2D eigenvalue weighted by Crippen LogP contribution is 2.24. The minimum atomic E-state index is -4.21. The van der Waals surface area contributed by atoms with Crippen molar-refractivity contribution in [3.05, 3.63) is 0 Å². The fraction of sp³-hybridized carbons (Fsp3) is 1.00. The van der Waals surface area contributed by atoms with Gasteiger partial charge in [0.2, 0.25) is 0 Å². The fourth-order valence-electron chi connectivity index (χ4n) is 1.30. The van der Waals surface area contributed by atoms with Gasteiger partial charge in [-0.3, -0.25) is 4.90 Å². The van der Waals surface area contributed by atoms with Gasteiger partial charge in [-0.25, -0.2) is 0 Å². The Morgan fingerprint density at radius 1 is 1.21 bits per heavy atom. The molecule has 0 N–H and O–H groups in total. The van der Waals surface area contributed by atoms with E-state index in [0.29, 0.717) is 13.1 Å². The van der Waals surface area contributed by atoms with E-state index < -0.39 is 12.8 Å². The first kappa shape index (κ1) is 11.8. The van der Waals surface area contributed by atoms with Gasteiger partial charge in [0.15, 0.2) is 0 Å². The fourth-order valence-corrected chi connectivity index (χ4v) is 1.30. The summed E-state index contributed by atoms with van der Waals surface area (Å²) in [5.41, 5.74) is 0.0259. The number of ether oxygens (including phenoxy) is 1. The third-order valence-electron chi connectivity index (χ3n) is 2.28. The third-order valence-corrected chi connectivity index (χ3v) is 2.28. The summed E-state index contributed by atoms with van der Waals surface area (Å²) in [4.78, 5) is 2.09. The Morgan fingerprint density at radius 2 is 1.71 bits per heavy atom. The summed E-state index contributed by atoms with van der Waals surface area (Å²) in [6, 6.07) is 0. The van der Waals surface area contributed by atoms with E-state index in [1.807, 2.05) is 20.8 Å². The number of hydrogen-bond acceptors (Lipinski definition) is 2. The van der Waals surface area contributed by atoms with Crippen LogP contribution in [0.2, 0.25) is 0 Å². The molecule has 0 aliphatic carbocycles. The summed E-state index contributed by atoms with van der Waals surface area (Å²) >= 11 is 0. The lowest BCUT2D eigenvalue weighted by molar-refractivity contribution is -0.204. The summed E-state index contributed by atoms with van der Waals surface area (Å²) in [5, 5.41) is 0. The van der Waals surface area contributed by atoms with Crippen LogP contribution in [0.5, 0.6) is 0 Å². The van der Waals surface area contributed by atoms with Gasteiger partial charge < -0.3 is 4.74 Å². The van der Waals surface area contributed by atoms with E-state index in [1.165, 1.54) is 0 Å². The lowest BCUT2D eigenvalue weighted by Crippen LogP contribution is -2.60. The Labute approximate surface area is 82.0 Å². The zero-order valence-electron chi connectivity index (χ0n) is 8.69. The normalized spacial score (nSPS) is 21.0. The van der Waals surface area contributed by atoms with Crippen LogP contribution in [0.25, 0.3) is 0 Å². The molecule has 1 aliphatic rings. The zero-order chi connectivity index (χ0) is 11.0. The van der Waals surface area contributed by atoms with Crippen LogP contribution >= 0.6 is 0 Å². The van der Waals surface area contributed by atoms with Crippen molar-refractivity contribution in [1.29, 1.82) is 0 Å².